The van der Waals surface area contributed by atoms with Gasteiger partial charge in [0.25, 0.3) is 0 Å². The summed E-state index contributed by atoms with van der Waals surface area (Å²) < 4.78 is 5.29. The molecule has 0 fully saturated rings. The maximum atomic E-state index is 12.3. The first kappa shape index (κ1) is 13.9. The number of methoxy groups -OCH3 is 1. The number of anilines is 1. The van der Waals surface area contributed by atoms with Gasteiger partial charge in [0.2, 0.25) is 5.91 Å². The van der Waals surface area contributed by atoms with Gasteiger partial charge in [-0.05, 0) is 43.2 Å². The van der Waals surface area contributed by atoms with Gasteiger partial charge < -0.3 is 10.1 Å². The SMILES string of the molecule is COc1ccc2c(c1)-c1c(cc(C)nc1Cl)NC(=O)C2C. The van der Waals surface area contributed by atoms with E-state index in [0.717, 1.165) is 28.1 Å². The van der Waals surface area contributed by atoms with Crippen molar-refractivity contribution in [1.29, 1.82) is 0 Å². The molecular formula is C16H15ClN2O2. The number of pyridine rings is 1. The van der Waals surface area contributed by atoms with Crippen LogP contribution in [0.2, 0.25) is 5.15 Å². The molecule has 0 spiro atoms. The van der Waals surface area contributed by atoms with E-state index in [9.17, 15) is 4.79 Å². The molecule has 2 aromatic rings. The lowest BCUT2D eigenvalue weighted by Gasteiger charge is -2.13. The van der Waals surface area contributed by atoms with Gasteiger partial charge in [-0.25, -0.2) is 4.98 Å². The number of aryl methyl sites for hydroxylation is 1. The predicted octanol–water partition coefficient (Wildman–Crippen LogP) is 3.77. The second kappa shape index (κ2) is 5.04. The lowest BCUT2D eigenvalue weighted by molar-refractivity contribution is -0.117. The Bertz CT molecular complexity index is 743. The number of carbonyl (C=O) groups excluding carboxylic acids is 1. The minimum atomic E-state index is -0.269. The van der Waals surface area contributed by atoms with E-state index < -0.39 is 0 Å². The highest BCUT2D eigenvalue weighted by Crippen LogP contribution is 2.43. The van der Waals surface area contributed by atoms with E-state index in [-0.39, 0.29) is 11.8 Å². The number of carbonyl (C=O) groups is 1. The first-order valence-electron chi connectivity index (χ1n) is 6.67. The molecule has 3 rings (SSSR count). The number of halogens is 1. The third-order valence-corrected chi connectivity index (χ3v) is 4.02. The van der Waals surface area contributed by atoms with Crippen LogP contribution in [0.25, 0.3) is 11.1 Å². The van der Waals surface area contributed by atoms with Crippen LogP contribution >= 0.6 is 11.6 Å². The van der Waals surface area contributed by atoms with Crippen molar-refractivity contribution < 1.29 is 9.53 Å². The van der Waals surface area contributed by atoms with Crippen molar-refractivity contribution in [3.63, 3.8) is 0 Å². The molecule has 1 aromatic carbocycles. The van der Waals surface area contributed by atoms with Gasteiger partial charge in [0.15, 0.2) is 0 Å². The molecule has 1 unspecified atom stereocenters. The second-order valence-corrected chi connectivity index (χ2v) is 5.50. The summed E-state index contributed by atoms with van der Waals surface area (Å²) in [5.74, 6) is 0.398. The maximum Gasteiger partial charge on any atom is 0.231 e. The smallest absolute Gasteiger partial charge is 0.231 e. The zero-order valence-electron chi connectivity index (χ0n) is 12.0. The lowest BCUT2D eigenvalue weighted by Crippen LogP contribution is -2.17. The Balaban J connectivity index is 2.36. The average molecular weight is 303 g/mol. The molecule has 1 amide bonds. The van der Waals surface area contributed by atoms with Crippen LogP contribution in [0.1, 0.15) is 24.1 Å². The van der Waals surface area contributed by atoms with Gasteiger partial charge in [-0.1, -0.05) is 17.7 Å². The summed E-state index contributed by atoms with van der Waals surface area (Å²) in [6.45, 7) is 3.72. The molecule has 21 heavy (non-hydrogen) atoms. The fraction of sp³-hybridized carbons (Fsp3) is 0.250. The largest absolute Gasteiger partial charge is 0.497 e. The first-order chi connectivity index (χ1) is 10.0. The first-order valence-corrected chi connectivity index (χ1v) is 7.05. The fourth-order valence-corrected chi connectivity index (χ4v) is 2.97. The number of nitrogens with one attached hydrogen (secondary N) is 1. The van der Waals surface area contributed by atoms with Gasteiger partial charge in [0.05, 0.1) is 18.7 Å². The van der Waals surface area contributed by atoms with E-state index in [2.05, 4.69) is 10.3 Å². The van der Waals surface area contributed by atoms with Crippen molar-refractivity contribution in [1.82, 2.24) is 4.98 Å². The highest BCUT2D eigenvalue weighted by Gasteiger charge is 2.27. The summed E-state index contributed by atoms with van der Waals surface area (Å²) in [5, 5.41) is 3.32. The van der Waals surface area contributed by atoms with Gasteiger partial charge in [0.1, 0.15) is 10.9 Å². The Morgan fingerprint density at radius 2 is 2.10 bits per heavy atom. The molecular weight excluding hydrogens is 288 g/mol. The van der Waals surface area contributed by atoms with E-state index in [1.54, 1.807) is 7.11 Å². The summed E-state index contributed by atoms with van der Waals surface area (Å²) >= 11 is 6.34. The van der Waals surface area contributed by atoms with Gasteiger partial charge in [-0.2, -0.15) is 0 Å². The van der Waals surface area contributed by atoms with Gasteiger partial charge in [-0.15, -0.1) is 0 Å². The zero-order valence-corrected chi connectivity index (χ0v) is 12.8. The third-order valence-electron chi connectivity index (χ3n) is 3.75. The number of hydrogen-bond acceptors (Lipinski definition) is 3. The quantitative estimate of drug-likeness (QED) is 0.816. The van der Waals surface area contributed by atoms with Crippen LogP contribution in [0.15, 0.2) is 24.3 Å². The lowest BCUT2D eigenvalue weighted by atomic mass is 9.92. The topological polar surface area (TPSA) is 51.2 Å². The Morgan fingerprint density at radius 1 is 1.33 bits per heavy atom. The molecule has 0 saturated carbocycles. The number of benzene rings is 1. The predicted molar refractivity (Wildman–Crippen MR) is 83.0 cm³/mol. The molecule has 0 saturated heterocycles. The molecule has 2 heterocycles. The molecule has 1 aromatic heterocycles. The maximum absolute atomic E-state index is 12.3. The van der Waals surface area contributed by atoms with E-state index >= 15 is 0 Å². The summed E-state index contributed by atoms with van der Waals surface area (Å²) in [5.41, 5.74) is 4.00. The summed E-state index contributed by atoms with van der Waals surface area (Å²) in [7, 11) is 1.61. The van der Waals surface area contributed by atoms with Gasteiger partial charge >= 0.3 is 0 Å². The van der Waals surface area contributed by atoms with Crippen LogP contribution in [0, 0.1) is 6.92 Å². The minimum Gasteiger partial charge on any atom is -0.497 e. The minimum absolute atomic E-state index is 0.0539. The molecule has 0 aliphatic carbocycles. The Hall–Kier alpha value is -2.07. The monoisotopic (exact) mass is 302 g/mol. The Labute approximate surface area is 128 Å². The number of nitrogens with zero attached hydrogens (tertiary/aromatic N) is 1. The van der Waals surface area contributed by atoms with Crippen LogP contribution in [-0.4, -0.2) is 18.0 Å². The van der Waals surface area contributed by atoms with Gasteiger partial charge in [0, 0.05) is 11.3 Å². The average Bonchev–Trinajstić information content (AvgIpc) is 2.54. The van der Waals surface area contributed by atoms with Crippen molar-refractivity contribution in [3.8, 4) is 16.9 Å². The molecule has 0 radical (unpaired) electrons. The van der Waals surface area contributed by atoms with Crippen LogP contribution in [0.3, 0.4) is 0 Å². The Morgan fingerprint density at radius 3 is 2.81 bits per heavy atom. The Kier molecular flexibility index (Phi) is 3.33. The molecule has 1 aliphatic rings. The van der Waals surface area contributed by atoms with Crippen molar-refractivity contribution in [2.45, 2.75) is 19.8 Å². The molecule has 1 atom stereocenters. The van der Waals surface area contributed by atoms with Crippen molar-refractivity contribution in [2.24, 2.45) is 0 Å². The van der Waals surface area contributed by atoms with Crippen LogP contribution in [-0.2, 0) is 4.79 Å². The van der Waals surface area contributed by atoms with E-state index in [1.165, 1.54) is 0 Å². The van der Waals surface area contributed by atoms with E-state index in [0.29, 0.717) is 10.8 Å². The van der Waals surface area contributed by atoms with E-state index in [4.69, 9.17) is 16.3 Å². The van der Waals surface area contributed by atoms with Gasteiger partial charge in [-0.3, -0.25) is 4.79 Å². The van der Waals surface area contributed by atoms with Crippen molar-refractivity contribution >= 4 is 23.2 Å². The highest BCUT2D eigenvalue weighted by atomic mass is 35.5. The zero-order chi connectivity index (χ0) is 15.1. The van der Waals surface area contributed by atoms with E-state index in [1.807, 2.05) is 38.1 Å². The molecule has 4 nitrogen and oxygen atoms in total. The number of amides is 1. The van der Waals surface area contributed by atoms with Crippen LogP contribution in [0.5, 0.6) is 5.75 Å². The van der Waals surface area contributed by atoms with Crippen LogP contribution < -0.4 is 10.1 Å². The second-order valence-electron chi connectivity index (χ2n) is 5.14. The number of rotatable bonds is 1. The van der Waals surface area contributed by atoms with Crippen molar-refractivity contribution in [2.75, 3.05) is 12.4 Å². The fourth-order valence-electron chi connectivity index (χ4n) is 2.63. The molecule has 1 aliphatic heterocycles. The number of fused-ring (bicyclic) bond motifs is 3. The number of aromatic nitrogens is 1. The molecule has 0 bridgehead atoms. The summed E-state index contributed by atoms with van der Waals surface area (Å²) in [6.07, 6.45) is 0. The summed E-state index contributed by atoms with van der Waals surface area (Å²) in [4.78, 5) is 16.6. The standard InChI is InChI=1S/C16H15ClN2O2/c1-8-6-13-14(15(17)18-8)12-7-10(21-3)4-5-11(12)9(2)16(20)19-13/h4-7,9H,1-3H3,(H,19,20). The third kappa shape index (κ3) is 2.25. The van der Waals surface area contributed by atoms with Crippen molar-refractivity contribution in [3.05, 3.63) is 40.7 Å². The molecule has 1 N–H and O–H groups in total. The highest BCUT2D eigenvalue weighted by molar-refractivity contribution is 6.33. The molecule has 108 valence electrons. The number of hydrogen-bond donors (Lipinski definition) is 1. The molecule has 5 heteroatoms. The number of ether oxygens (including phenoxy) is 1. The van der Waals surface area contributed by atoms with Crippen LogP contribution in [0.4, 0.5) is 5.69 Å². The normalized spacial score (nSPS) is 16.6. The summed E-state index contributed by atoms with van der Waals surface area (Å²) in [6, 6.07) is 7.49.